The van der Waals surface area contributed by atoms with Crippen LogP contribution in [0, 0.1) is 13.8 Å². The summed E-state index contributed by atoms with van der Waals surface area (Å²) in [5.41, 5.74) is 8.84. The smallest absolute Gasteiger partial charge is 0.254 e. The molecule has 110 valence electrons. The molecule has 1 aromatic carbocycles. The Morgan fingerprint density at radius 3 is 2.85 bits per heavy atom. The summed E-state index contributed by atoms with van der Waals surface area (Å²) in [6.07, 6.45) is 1.92. The van der Waals surface area contributed by atoms with Crippen LogP contribution in [0.5, 0.6) is 0 Å². The number of aryl methyl sites for hydroxylation is 1. The van der Waals surface area contributed by atoms with E-state index in [4.69, 9.17) is 10.5 Å². The third kappa shape index (κ3) is 2.86. The monoisotopic (exact) mass is 276 g/mol. The topological polar surface area (TPSA) is 55.6 Å². The Balaban J connectivity index is 2.22. The molecule has 1 heterocycles. The van der Waals surface area contributed by atoms with Crippen molar-refractivity contribution >= 4 is 5.91 Å². The highest BCUT2D eigenvalue weighted by molar-refractivity contribution is 5.96. The number of nitrogens with two attached hydrogens (primary N) is 1. The first-order valence-corrected chi connectivity index (χ1v) is 7.18. The molecule has 0 aromatic heterocycles. The molecule has 1 fully saturated rings. The minimum atomic E-state index is 0.0705. The minimum absolute atomic E-state index is 0.0705. The zero-order valence-corrected chi connectivity index (χ0v) is 12.6. The molecule has 4 heteroatoms. The molecule has 0 aliphatic carbocycles. The van der Waals surface area contributed by atoms with Gasteiger partial charge in [0.2, 0.25) is 0 Å². The number of benzene rings is 1. The average Bonchev–Trinajstić information content (AvgIpc) is 2.48. The van der Waals surface area contributed by atoms with Gasteiger partial charge in [0.15, 0.2) is 0 Å². The molecule has 0 radical (unpaired) electrons. The second kappa shape index (κ2) is 6.37. The van der Waals surface area contributed by atoms with E-state index < -0.39 is 0 Å². The van der Waals surface area contributed by atoms with Crippen LogP contribution in [0.1, 0.15) is 34.3 Å². The van der Waals surface area contributed by atoms with Crippen LogP contribution in [0.2, 0.25) is 0 Å². The number of amides is 1. The SMILES string of the molecule is COC1CCN(C(=O)c2cccc(C)c2C)C(CN)C1. The molecule has 1 aliphatic heterocycles. The van der Waals surface area contributed by atoms with Crippen molar-refractivity contribution < 1.29 is 9.53 Å². The van der Waals surface area contributed by atoms with E-state index in [0.29, 0.717) is 13.1 Å². The normalized spacial score (nSPS) is 22.9. The van der Waals surface area contributed by atoms with Gasteiger partial charge in [0.25, 0.3) is 5.91 Å². The van der Waals surface area contributed by atoms with E-state index in [1.54, 1.807) is 7.11 Å². The first-order valence-electron chi connectivity index (χ1n) is 7.18. The Morgan fingerprint density at radius 2 is 2.20 bits per heavy atom. The third-order valence-corrected chi connectivity index (χ3v) is 4.37. The predicted octanol–water partition coefficient (Wildman–Crippen LogP) is 1.88. The van der Waals surface area contributed by atoms with Gasteiger partial charge in [-0.15, -0.1) is 0 Å². The van der Waals surface area contributed by atoms with Gasteiger partial charge in [0.1, 0.15) is 0 Å². The van der Waals surface area contributed by atoms with Crippen molar-refractivity contribution in [3.63, 3.8) is 0 Å². The number of likely N-dealkylation sites (tertiary alicyclic amines) is 1. The van der Waals surface area contributed by atoms with E-state index in [2.05, 4.69) is 0 Å². The van der Waals surface area contributed by atoms with Crippen LogP contribution < -0.4 is 5.73 Å². The van der Waals surface area contributed by atoms with E-state index in [1.165, 1.54) is 0 Å². The highest BCUT2D eigenvalue weighted by Crippen LogP contribution is 2.23. The number of hydrogen-bond acceptors (Lipinski definition) is 3. The average molecular weight is 276 g/mol. The molecular weight excluding hydrogens is 252 g/mol. The van der Waals surface area contributed by atoms with E-state index in [0.717, 1.165) is 29.5 Å². The van der Waals surface area contributed by atoms with Gasteiger partial charge >= 0.3 is 0 Å². The molecule has 2 rings (SSSR count). The Bertz CT molecular complexity index is 487. The van der Waals surface area contributed by atoms with Gasteiger partial charge in [-0.25, -0.2) is 0 Å². The van der Waals surface area contributed by atoms with Gasteiger partial charge in [-0.2, -0.15) is 0 Å². The number of ether oxygens (including phenoxy) is 1. The lowest BCUT2D eigenvalue weighted by Crippen LogP contribution is -2.51. The fraction of sp³-hybridized carbons (Fsp3) is 0.562. The van der Waals surface area contributed by atoms with Crippen LogP contribution in [-0.2, 0) is 4.74 Å². The number of nitrogens with zero attached hydrogens (tertiary/aromatic N) is 1. The summed E-state index contributed by atoms with van der Waals surface area (Å²) in [5.74, 6) is 0.0937. The maximum Gasteiger partial charge on any atom is 0.254 e. The maximum atomic E-state index is 12.8. The van der Waals surface area contributed by atoms with Crippen molar-refractivity contribution in [1.82, 2.24) is 4.90 Å². The highest BCUT2D eigenvalue weighted by atomic mass is 16.5. The molecule has 0 bridgehead atoms. The summed E-state index contributed by atoms with van der Waals surface area (Å²) in [5, 5.41) is 0. The molecule has 20 heavy (non-hydrogen) atoms. The third-order valence-electron chi connectivity index (χ3n) is 4.37. The second-order valence-electron chi connectivity index (χ2n) is 5.52. The Kier molecular flexibility index (Phi) is 4.78. The van der Waals surface area contributed by atoms with Crippen LogP contribution in [0.3, 0.4) is 0 Å². The van der Waals surface area contributed by atoms with Crippen LogP contribution in [0.25, 0.3) is 0 Å². The number of hydrogen-bond donors (Lipinski definition) is 1. The summed E-state index contributed by atoms with van der Waals surface area (Å²) in [7, 11) is 1.72. The van der Waals surface area contributed by atoms with Crippen molar-refractivity contribution in [2.75, 3.05) is 20.2 Å². The van der Waals surface area contributed by atoms with Gasteiger partial charge in [-0.05, 0) is 43.9 Å². The minimum Gasteiger partial charge on any atom is -0.381 e. The first kappa shape index (κ1) is 15.0. The Morgan fingerprint density at radius 1 is 1.45 bits per heavy atom. The lowest BCUT2D eigenvalue weighted by atomic mass is 9.96. The second-order valence-corrected chi connectivity index (χ2v) is 5.52. The zero-order chi connectivity index (χ0) is 14.7. The molecule has 2 N–H and O–H groups in total. The number of piperidine rings is 1. The van der Waals surface area contributed by atoms with Crippen molar-refractivity contribution in [1.29, 1.82) is 0 Å². The van der Waals surface area contributed by atoms with Gasteiger partial charge in [-0.3, -0.25) is 4.79 Å². The molecule has 0 spiro atoms. The summed E-state index contributed by atoms with van der Waals surface area (Å²) < 4.78 is 5.41. The fourth-order valence-corrected chi connectivity index (χ4v) is 2.86. The van der Waals surface area contributed by atoms with E-state index >= 15 is 0 Å². The molecule has 1 aliphatic rings. The Labute approximate surface area is 120 Å². The molecule has 4 nitrogen and oxygen atoms in total. The number of carbonyl (C=O) groups is 1. The number of methoxy groups -OCH3 is 1. The first-order chi connectivity index (χ1) is 9.58. The zero-order valence-electron chi connectivity index (χ0n) is 12.6. The van der Waals surface area contributed by atoms with Crippen molar-refractivity contribution in [3.05, 3.63) is 34.9 Å². The molecule has 1 aromatic rings. The van der Waals surface area contributed by atoms with Crippen LogP contribution in [0.15, 0.2) is 18.2 Å². The summed E-state index contributed by atoms with van der Waals surface area (Å²) >= 11 is 0. The van der Waals surface area contributed by atoms with Crippen molar-refractivity contribution in [2.24, 2.45) is 5.73 Å². The summed E-state index contributed by atoms with van der Waals surface area (Å²) in [6, 6.07) is 5.94. The Hall–Kier alpha value is -1.39. The van der Waals surface area contributed by atoms with E-state index in [9.17, 15) is 4.79 Å². The molecule has 2 atom stereocenters. The quantitative estimate of drug-likeness (QED) is 0.917. The number of rotatable bonds is 3. The predicted molar refractivity (Wildman–Crippen MR) is 79.8 cm³/mol. The largest absolute Gasteiger partial charge is 0.381 e. The standard InChI is InChI=1S/C16H24N2O2/c1-11-5-4-6-15(12(11)2)16(19)18-8-7-14(20-3)9-13(18)10-17/h4-6,13-14H,7-10,17H2,1-3H3. The maximum absolute atomic E-state index is 12.8. The highest BCUT2D eigenvalue weighted by Gasteiger charge is 2.31. The van der Waals surface area contributed by atoms with Crippen molar-refractivity contribution in [3.8, 4) is 0 Å². The molecule has 1 saturated heterocycles. The fourth-order valence-electron chi connectivity index (χ4n) is 2.86. The molecular formula is C16H24N2O2. The molecule has 1 amide bonds. The van der Waals surface area contributed by atoms with Gasteiger partial charge < -0.3 is 15.4 Å². The lowest BCUT2D eigenvalue weighted by Gasteiger charge is -2.38. The summed E-state index contributed by atoms with van der Waals surface area (Å²) in [4.78, 5) is 14.7. The van der Waals surface area contributed by atoms with Crippen molar-refractivity contribution in [2.45, 2.75) is 38.8 Å². The summed E-state index contributed by atoms with van der Waals surface area (Å²) in [6.45, 7) is 5.23. The molecule has 0 saturated carbocycles. The lowest BCUT2D eigenvalue weighted by molar-refractivity contribution is 0.0138. The van der Waals surface area contributed by atoms with Crippen LogP contribution in [0.4, 0.5) is 0 Å². The van der Waals surface area contributed by atoms with Crippen LogP contribution >= 0.6 is 0 Å². The van der Waals surface area contributed by atoms with E-state index in [1.807, 2.05) is 36.9 Å². The van der Waals surface area contributed by atoms with E-state index in [-0.39, 0.29) is 18.1 Å². The van der Waals surface area contributed by atoms with Gasteiger partial charge in [-0.1, -0.05) is 12.1 Å². The number of carbonyl (C=O) groups excluding carboxylic acids is 1. The van der Waals surface area contributed by atoms with Gasteiger partial charge in [0.05, 0.1) is 6.10 Å². The van der Waals surface area contributed by atoms with Gasteiger partial charge in [0, 0.05) is 31.8 Å². The van der Waals surface area contributed by atoms with Crippen LogP contribution in [-0.4, -0.2) is 43.2 Å². The molecule has 2 unspecified atom stereocenters.